The predicted octanol–water partition coefficient (Wildman–Crippen LogP) is 2.10. The Kier molecular flexibility index (Phi) is 5.68. The van der Waals surface area contributed by atoms with E-state index in [9.17, 15) is 14.0 Å². The van der Waals surface area contributed by atoms with Crippen LogP contribution >= 0.6 is 0 Å². The molecule has 1 heterocycles. The van der Waals surface area contributed by atoms with Crippen LogP contribution in [-0.4, -0.2) is 34.8 Å². The van der Waals surface area contributed by atoms with Gasteiger partial charge in [-0.25, -0.2) is 9.82 Å². The molecule has 3 rings (SSSR count). The minimum atomic E-state index is -0.673. The maximum absolute atomic E-state index is 13.5. The van der Waals surface area contributed by atoms with Crippen LogP contribution in [0, 0.1) is 5.82 Å². The maximum Gasteiger partial charge on any atom is 0.259 e. The van der Waals surface area contributed by atoms with Crippen LogP contribution in [0.4, 0.5) is 4.39 Å². The van der Waals surface area contributed by atoms with E-state index in [1.54, 1.807) is 6.20 Å². The van der Waals surface area contributed by atoms with E-state index in [0.717, 1.165) is 11.3 Å². The van der Waals surface area contributed by atoms with Crippen molar-refractivity contribution < 1.29 is 14.0 Å². The van der Waals surface area contributed by atoms with Crippen molar-refractivity contribution >= 4 is 18.0 Å². The van der Waals surface area contributed by atoms with Crippen LogP contribution < -0.4 is 10.7 Å². The molecule has 0 spiro atoms. The fraction of sp³-hybridized carbons (Fsp3) is 0.0526. The van der Waals surface area contributed by atoms with Gasteiger partial charge in [0, 0.05) is 11.1 Å². The number of rotatable bonds is 6. The number of amides is 2. The zero-order valence-corrected chi connectivity index (χ0v) is 14.1. The van der Waals surface area contributed by atoms with Crippen molar-refractivity contribution in [2.75, 3.05) is 6.54 Å². The number of carbonyl (C=O) groups is 2. The summed E-state index contributed by atoms with van der Waals surface area (Å²) >= 11 is 0. The fourth-order valence-electron chi connectivity index (χ4n) is 2.34. The fourth-order valence-corrected chi connectivity index (χ4v) is 2.34. The van der Waals surface area contributed by atoms with Gasteiger partial charge in [-0.1, -0.05) is 42.5 Å². The van der Waals surface area contributed by atoms with Crippen LogP contribution in [0.1, 0.15) is 15.9 Å². The first-order chi connectivity index (χ1) is 13.1. The molecule has 27 heavy (non-hydrogen) atoms. The Bertz CT molecular complexity index is 969. The van der Waals surface area contributed by atoms with E-state index in [1.165, 1.54) is 30.5 Å². The average Bonchev–Trinajstić information content (AvgIpc) is 3.16. The Morgan fingerprint density at radius 2 is 1.85 bits per heavy atom. The molecular weight excluding hydrogens is 349 g/mol. The van der Waals surface area contributed by atoms with Crippen LogP contribution in [-0.2, 0) is 4.79 Å². The van der Waals surface area contributed by atoms with Crippen molar-refractivity contribution in [3.05, 3.63) is 77.7 Å². The van der Waals surface area contributed by atoms with Crippen molar-refractivity contribution in [2.45, 2.75) is 0 Å². The number of carbonyl (C=O) groups excluding carboxylic acids is 2. The third kappa shape index (κ3) is 4.63. The van der Waals surface area contributed by atoms with E-state index < -0.39 is 17.6 Å². The number of nitrogens with one attached hydrogen (secondary N) is 3. The van der Waals surface area contributed by atoms with Crippen molar-refractivity contribution in [3.63, 3.8) is 0 Å². The Morgan fingerprint density at radius 3 is 2.63 bits per heavy atom. The lowest BCUT2D eigenvalue weighted by Gasteiger charge is -2.05. The first-order valence-corrected chi connectivity index (χ1v) is 8.08. The van der Waals surface area contributed by atoms with Crippen LogP contribution in [0.5, 0.6) is 0 Å². The largest absolute Gasteiger partial charge is 0.343 e. The van der Waals surface area contributed by atoms with Gasteiger partial charge >= 0.3 is 0 Å². The molecule has 0 atom stereocenters. The first-order valence-electron chi connectivity index (χ1n) is 8.08. The summed E-state index contributed by atoms with van der Waals surface area (Å²) in [5, 5.41) is 13.0. The second kappa shape index (κ2) is 8.52. The summed E-state index contributed by atoms with van der Waals surface area (Å²) < 4.78 is 13.5. The van der Waals surface area contributed by atoms with Gasteiger partial charge in [0.05, 0.1) is 30.2 Å². The monoisotopic (exact) mass is 365 g/mol. The van der Waals surface area contributed by atoms with Crippen molar-refractivity contribution in [1.82, 2.24) is 20.9 Å². The van der Waals surface area contributed by atoms with E-state index >= 15 is 0 Å². The number of halogens is 1. The Morgan fingerprint density at radius 1 is 1.11 bits per heavy atom. The van der Waals surface area contributed by atoms with Crippen molar-refractivity contribution in [1.29, 1.82) is 0 Å². The number of aromatic nitrogens is 2. The second-order valence-corrected chi connectivity index (χ2v) is 5.52. The third-order valence-corrected chi connectivity index (χ3v) is 3.65. The zero-order valence-electron chi connectivity index (χ0n) is 14.1. The molecule has 1 aromatic heterocycles. The maximum atomic E-state index is 13.5. The lowest BCUT2D eigenvalue weighted by molar-refractivity contribution is -0.120. The van der Waals surface area contributed by atoms with Crippen LogP contribution in [0.3, 0.4) is 0 Å². The van der Waals surface area contributed by atoms with Gasteiger partial charge in [-0.05, 0) is 12.1 Å². The summed E-state index contributed by atoms with van der Waals surface area (Å²) in [5.41, 5.74) is 4.56. The smallest absolute Gasteiger partial charge is 0.259 e. The van der Waals surface area contributed by atoms with E-state index in [4.69, 9.17) is 0 Å². The second-order valence-electron chi connectivity index (χ2n) is 5.52. The summed E-state index contributed by atoms with van der Waals surface area (Å²) in [4.78, 5) is 23.6. The quantitative estimate of drug-likeness (QED) is 0.461. The van der Waals surface area contributed by atoms with Gasteiger partial charge in [0.15, 0.2) is 0 Å². The summed E-state index contributed by atoms with van der Waals surface area (Å²) in [7, 11) is 0. The molecule has 0 unspecified atom stereocenters. The molecule has 0 aliphatic heterocycles. The number of H-pyrrole nitrogens is 1. The molecule has 7 nitrogen and oxygen atoms in total. The number of nitrogens with zero attached hydrogens (tertiary/aromatic N) is 2. The molecule has 0 bridgehead atoms. The summed E-state index contributed by atoms with van der Waals surface area (Å²) in [6, 6.07) is 15.1. The topological polar surface area (TPSA) is 99.2 Å². The van der Waals surface area contributed by atoms with Crippen molar-refractivity contribution in [2.24, 2.45) is 5.10 Å². The SMILES string of the molecule is O=C(CNC(=O)c1ccccc1F)N/N=C/c1cn[nH]c1-c1ccccc1. The molecule has 0 radical (unpaired) electrons. The Balaban J connectivity index is 1.54. The molecule has 2 amide bonds. The van der Waals surface area contributed by atoms with Gasteiger partial charge in [0.25, 0.3) is 11.8 Å². The minimum Gasteiger partial charge on any atom is -0.343 e. The van der Waals surface area contributed by atoms with Crippen molar-refractivity contribution in [3.8, 4) is 11.3 Å². The normalized spacial score (nSPS) is 10.7. The van der Waals surface area contributed by atoms with Gasteiger partial charge in [-0.15, -0.1) is 0 Å². The molecule has 0 fully saturated rings. The van der Waals surface area contributed by atoms with E-state index in [1.807, 2.05) is 30.3 Å². The lowest BCUT2D eigenvalue weighted by Crippen LogP contribution is -2.35. The number of hydrogen-bond acceptors (Lipinski definition) is 4. The van der Waals surface area contributed by atoms with E-state index in [-0.39, 0.29) is 12.1 Å². The number of hydrazone groups is 1. The highest BCUT2D eigenvalue weighted by Gasteiger charge is 2.11. The van der Waals surface area contributed by atoms with Gasteiger partial charge in [-0.2, -0.15) is 10.2 Å². The molecular formula is C19H16FN5O2. The molecule has 0 saturated heterocycles. The number of aromatic amines is 1. The highest BCUT2D eigenvalue weighted by Crippen LogP contribution is 2.18. The standard InChI is InChI=1S/C19H16FN5O2/c20-16-9-5-4-8-15(16)19(27)21-12-17(26)24-22-10-14-11-23-25-18(14)13-6-2-1-3-7-13/h1-11H,12H2,(H,21,27)(H,23,25)(H,24,26)/b22-10+. The van der Waals surface area contributed by atoms with Gasteiger partial charge in [0.1, 0.15) is 5.82 Å². The summed E-state index contributed by atoms with van der Waals surface area (Å²) in [5.74, 6) is -1.86. The Labute approximate surface area is 154 Å². The first kappa shape index (κ1) is 18.0. The molecule has 3 N–H and O–H groups in total. The molecule has 2 aromatic carbocycles. The minimum absolute atomic E-state index is 0.125. The Hall–Kier alpha value is -3.81. The number of hydrogen-bond donors (Lipinski definition) is 3. The molecule has 8 heteroatoms. The van der Waals surface area contributed by atoms with Gasteiger partial charge in [0.2, 0.25) is 0 Å². The van der Waals surface area contributed by atoms with Gasteiger partial charge < -0.3 is 5.32 Å². The van der Waals surface area contributed by atoms with Gasteiger partial charge in [-0.3, -0.25) is 14.7 Å². The highest BCUT2D eigenvalue weighted by molar-refractivity contribution is 5.96. The summed E-state index contributed by atoms with van der Waals surface area (Å²) in [6.45, 7) is -0.332. The van der Waals surface area contributed by atoms with E-state index in [2.05, 4.69) is 26.0 Å². The molecule has 0 aliphatic carbocycles. The molecule has 3 aromatic rings. The highest BCUT2D eigenvalue weighted by atomic mass is 19.1. The molecule has 0 aliphatic rings. The third-order valence-electron chi connectivity index (χ3n) is 3.65. The lowest BCUT2D eigenvalue weighted by atomic mass is 10.1. The van der Waals surface area contributed by atoms with Crippen LogP contribution in [0.2, 0.25) is 0 Å². The van der Waals surface area contributed by atoms with Crippen LogP contribution in [0.15, 0.2) is 65.9 Å². The molecule has 136 valence electrons. The average molecular weight is 365 g/mol. The molecule has 0 saturated carbocycles. The summed E-state index contributed by atoms with van der Waals surface area (Å²) in [6.07, 6.45) is 3.03. The zero-order chi connectivity index (χ0) is 19.1. The van der Waals surface area contributed by atoms with Crippen LogP contribution in [0.25, 0.3) is 11.3 Å². The predicted molar refractivity (Wildman–Crippen MR) is 98.5 cm³/mol. The van der Waals surface area contributed by atoms with E-state index in [0.29, 0.717) is 5.56 Å². The number of benzene rings is 2.